The molecule has 0 aliphatic heterocycles. The van der Waals surface area contributed by atoms with Gasteiger partial charge >= 0.3 is 0 Å². The first-order chi connectivity index (χ1) is 10.3. The fourth-order valence-electron chi connectivity index (χ4n) is 1.57. The average molecular weight is 340 g/mol. The maximum absolute atomic E-state index is 12.2. The maximum atomic E-state index is 12.2. The molecular weight excluding hydrogens is 314 g/mol. The number of nitrogens with two attached hydrogens (primary N) is 1. The van der Waals surface area contributed by atoms with E-state index >= 15 is 0 Å². The van der Waals surface area contributed by atoms with Crippen molar-refractivity contribution in [3.8, 4) is 12.8 Å². The number of hydrogen-bond acceptors (Lipinski definition) is 4. The van der Waals surface area contributed by atoms with Gasteiger partial charge in [-0.15, -0.1) is 12.8 Å². The van der Waals surface area contributed by atoms with Gasteiger partial charge in [-0.2, -0.15) is 0 Å². The Bertz CT molecular complexity index is 460. The van der Waals surface area contributed by atoms with Crippen molar-refractivity contribution in [2.75, 3.05) is 7.05 Å². The Labute approximate surface area is 132 Å². The minimum Gasteiger partial charge on any atom is -0.333 e. The first-order valence-corrected chi connectivity index (χ1v) is 8.50. The number of terminal acetylenes is 1. The third-order valence-corrected chi connectivity index (χ3v) is 5.51. The number of halogens is 2. The lowest BCUT2D eigenvalue weighted by molar-refractivity contribution is -0.121. The summed E-state index contributed by atoms with van der Waals surface area (Å²) < 4.78 is 48.6. The van der Waals surface area contributed by atoms with E-state index in [1.807, 2.05) is 18.6 Å². The van der Waals surface area contributed by atoms with Gasteiger partial charge in [-0.1, -0.05) is 13.8 Å². The molecular formula is C14H26F2N2O3S. The first-order valence-electron chi connectivity index (χ1n) is 7.02. The second kappa shape index (κ2) is 9.74. The number of amides is 1. The molecule has 0 radical (unpaired) electrons. The van der Waals surface area contributed by atoms with Crippen molar-refractivity contribution in [3.05, 3.63) is 0 Å². The van der Waals surface area contributed by atoms with Crippen molar-refractivity contribution in [2.24, 2.45) is 17.6 Å². The second-order valence-corrected chi connectivity index (χ2v) is 6.96. The van der Waals surface area contributed by atoms with Crippen LogP contribution in [0, 0.1) is 24.7 Å². The molecule has 0 aromatic heterocycles. The van der Waals surface area contributed by atoms with E-state index in [-0.39, 0.29) is 6.42 Å². The Hall–Kier alpha value is -1.20. The smallest absolute Gasteiger partial charge is 0.242 e. The predicted octanol–water partition coefficient (Wildman–Crippen LogP) is 1.74. The molecule has 2 saturated carbocycles. The molecule has 0 spiro atoms. The lowest BCUT2D eigenvalue weighted by Crippen LogP contribution is -2.39. The third-order valence-electron chi connectivity index (χ3n) is 3.34. The summed E-state index contributed by atoms with van der Waals surface area (Å²) in [6, 6.07) is 0. The average Bonchev–Trinajstić information content (AvgIpc) is 3.39. The van der Waals surface area contributed by atoms with Gasteiger partial charge in [0, 0.05) is 11.8 Å². The van der Waals surface area contributed by atoms with E-state index in [0.29, 0.717) is 12.8 Å². The molecule has 8 heteroatoms. The molecule has 2 aliphatic rings. The van der Waals surface area contributed by atoms with Gasteiger partial charge in [-0.05, 0) is 33.2 Å². The number of sulfonamides is 1. The van der Waals surface area contributed by atoms with Crippen LogP contribution in [-0.4, -0.2) is 32.5 Å². The molecule has 0 aromatic rings. The van der Waals surface area contributed by atoms with Crippen LogP contribution in [0.25, 0.3) is 0 Å². The standard InChI is InChI=1S/C9H13F2NO3S.C2H6.C2H2.CH5N/c1-9(2-3-9)16(14,15)12-8(13)6-4-5(6)7(10)11;3*1-2/h5-7H,2-4H2,1H3,(H,12,13);1-2H3;1-2H;2H2,1H3/t5?,6-;;;/m0.../s1. The SMILES string of the molecule is C#C.CC.CC1(S(=O)(=O)NC(=O)[C@H]2CC2C(F)F)CC1.CN. The molecule has 0 heterocycles. The van der Waals surface area contributed by atoms with E-state index in [0.717, 1.165) is 0 Å². The van der Waals surface area contributed by atoms with Gasteiger partial charge in [0.1, 0.15) is 0 Å². The molecule has 2 atom stereocenters. The number of nitrogens with one attached hydrogen (secondary N) is 1. The Balaban J connectivity index is 0. The van der Waals surface area contributed by atoms with Gasteiger partial charge in [0.15, 0.2) is 0 Å². The van der Waals surface area contributed by atoms with E-state index in [4.69, 9.17) is 0 Å². The highest BCUT2D eigenvalue weighted by Crippen LogP contribution is 2.45. The summed E-state index contributed by atoms with van der Waals surface area (Å²) in [6.07, 6.45) is 6.56. The number of carbonyl (C=O) groups excluding carboxylic acids is 1. The molecule has 1 unspecified atom stereocenters. The third kappa shape index (κ3) is 5.89. The van der Waals surface area contributed by atoms with Crippen LogP contribution >= 0.6 is 0 Å². The van der Waals surface area contributed by atoms with Crippen molar-refractivity contribution in [2.45, 2.75) is 51.2 Å². The zero-order valence-corrected chi connectivity index (χ0v) is 14.3. The van der Waals surface area contributed by atoms with E-state index in [9.17, 15) is 22.0 Å². The zero-order valence-electron chi connectivity index (χ0n) is 13.5. The van der Waals surface area contributed by atoms with Crippen LogP contribution in [0.5, 0.6) is 0 Å². The lowest BCUT2D eigenvalue weighted by atomic mass is 10.3. The van der Waals surface area contributed by atoms with Gasteiger partial charge < -0.3 is 5.73 Å². The van der Waals surface area contributed by atoms with Gasteiger partial charge in [-0.25, -0.2) is 17.2 Å². The van der Waals surface area contributed by atoms with Crippen LogP contribution in [0.15, 0.2) is 0 Å². The summed E-state index contributed by atoms with van der Waals surface area (Å²) in [4.78, 5) is 11.4. The van der Waals surface area contributed by atoms with Crippen LogP contribution < -0.4 is 10.5 Å². The Morgan fingerprint density at radius 1 is 1.27 bits per heavy atom. The van der Waals surface area contributed by atoms with Crippen LogP contribution in [0.4, 0.5) is 8.78 Å². The van der Waals surface area contributed by atoms with Gasteiger partial charge in [0.05, 0.1) is 4.75 Å². The molecule has 5 nitrogen and oxygen atoms in total. The highest BCUT2D eigenvalue weighted by molar-refractivity contribution is 7.91. The molecule has 0 aromatic carbocycles. The molecule has 0 bridgehead atoms. The fraction of sp³-hybridized carbons (Fsp3) is 0.786. The monoisotopic (exact) mass is 340 g/mol. The molecule has 1 amide bonds. The van der Waals surface area contributed by atoms with Crippen molar-refractivity contribution in [3.63, 3.8) is 0 Å². The highest BCUT2D eigenvalue weighted by atomic mass is 32.2. The molecule has 0 saturated heterocycles. The largest absolute Gasteiger partial charge is 0.333 e. The summed E-state index contributed by atoms with van der Waals surface area (Å²) in [5.41, 5.74) is 4.50. The Morgan fingerprint density at radius 3 is 1.95 bits per heavy atom. The summed E-state index contributed by atoms with van der Waals surface area (Å²) in [5, 5.41) is 0. The second-order valence-electron chi connectivity index (χ2n) is 4.76. The van der Waals surface area contributed by atoms with Crippen LogP contribution in [-0.2, 0) is 14.8 Å². The van der Waals surface area contributed by atoms with E-state index in [1.165, 1.54) is 7.05 Å². The van der Waals surface area contributed by atoms with Crippen LogP contribution in [0.1, 0.15) is 40.0 Å². The minimum atomic E-state index is -3.68. The summed E-state index contributed by atoms with van der Waals surface area (Å²) in [6.45, 7) is 5.54. The molecule has 22 heavy (non-hydrogen) atoms. The topological polar surface area (TPSA) is 89.3 Å². The number of carbonyl (C=O) groups is 1. The summed E-state index contributed by atoms with van der Waals surface area (Å²) in [7, 11) is -2.18. The summed E-state index contributed by atoms with van der Waals surface area (Å²) in [5.74, 6) is -2.59. The minimum absolute atomic E-state index is 0.0791. The predicted molar refractivity (Wildman–Crippen MR) is 83.7 cm³/mol. The van der Waals surface area contributed by atoms with Gasteiger partial charge in [-0.3, -0.25) is 9.52 Å². The molecule has 2 rings (SSSR count). The van der Waals surface area contributed by atoms with Crippen LogP contribution in [0.3, 0.4) is 0 Å². The Kier molecular flexibility index (Phi) is 10.2. The highest BCUT2D eigenvalue weighted by Gasteiger charge is 2.54. The molecule has 2 fully saturated rings. The zero-order chi connectivity index (χ0) is 18.1. The normalized spacial score (nSPS) is 23.4. The van der Waals surface area contributed by atoms with Crippen LogP contribution in [0.2, 0.25) is 0 Å². The molecule has 130 valence electrons. The van der Waals surface area contributed by atoms with Crippen molar-refractivity contribution >= 4 is 15.9 Å². The molecule has 2 aliphatic carbocycles. The van der Waals surface area contributed by atoms with E-state index in [1.54, 1.807) is 6.92 Å². The molecule has 3 N–H and O–H groups in total. The quantitative estimate of drug-likeness (QED) is 0.763. The maximum Gasteiger partial charge on any atom is 0.242 e. The van der Waals surface area contributed by atoms with Gasteiger partial charge in [0.25, 0.3) is 0 Å². The first kappa shape index (κ1) is 23.1. The van der Waals surface area contributed by atoms with E-state index < -0.39 is 38.9 Å². The number of rotatable bonds is 4. The van der Waals surface area contributed by atoms with E-state index in [2.05, 4.69) is 18.6 Å². The summed E-state index contributed by atoms with van der Waals surface area (Å²) >= 11 is 0. The number of hydrogen-bond donors (Lipinski definition) is 2. The number of alkyl halides is 2. The van der Waals surface area contributed by atoms with Crippen molar-refractivity contribution < 1.29 is 22.0 Å². The fourth-order valence-corrected chi connectivity index (χ4v) is 2.87. The van der Waals surface area contributed by atoms with Gasteiger partial charge in [0.2, 0.25) is 22.4 Å². The Morgan fingerprint density at radius 2 is 1.68 bits per heavy atom. The van der Waals surface area contributed by atoms with Crippen molar-refractivity contribution in [1.29, 1.82) is 0 Å². The lowest BCUT2D eigenvalue weighted by Gasteiger charge is -2.11. The van der Waals surface area contributed by atoms with Crippen molar-refractivity contribution in [1.82, 2.24) is 4.72 Å².